The van der Waals surface area contributed by atoms with E-state index in [-0.39, 0.29) is 17.4 Å². The van der Waals surface area contributed by atoms with Gasteiger partial charge >= 0.3 is 5.97 Å². The topological polar surface area (TPSA) is 69.6 Å². The van der Waals surface area contributed by atoms with Gasteiger partial charge in [-0.15, -0.1) is 0 Å². The number of nitrogens with one attached hydrogen (secondary N) is 1. The van der Waals surface area contributed by atoms with Gasteiger partial charge in [-0.05, 0) is 105 Å². The molecule has 1 amide bonds. The summed E-state index contributed by atoms with van der Waals surface area (Å²) in [5.41, 5.74) is 6.61. The van der Waals surface area contributed by atoms with Gasteiger partial charge in [0.2, 0.25) is 0 Å². The first-order chi connectivity index (χ1) is 20.8. The van der Waals surface area contributed by atoms with Crippen molar-refractivity contribution in [2.24, 2.45) is 5.92 Å². The van der Waals surface area contributed by atoms with Crippen LogP contribution in [0, 0.1) is 12.8 Å². The van der Waals surface area contributed by atoms with Crippen LogP contribution in [0.15, 0.2) is 66.7 Å². The van der Waals surface area contributed by atoms with Crippen molar-refractivity contribution in [1.29, 1.82) is 0 Å². The smallest absolute Gasteiger partial charge is 0.349 e. The molecule has 44 heavy (non-hydrogen) atoms. The normalized spacial score (nSPS) is 14.4. The van der Waals surface area contributed by atoms with Crippen LogP contribution in [0.25, 0.3) is 10.9 Å². The Balaban J connectivity index is 1.42. The summed E-state index contributed by atoms with van der Waals surface area (Å²) in [5.74, 6) is 0.812. The zero-order valence-electron chi connectivity index (χ0n) is 27.4. The van der Waals surface area contributed by atoms with Gasteiger partial charge in [0.25, 0.3) is 5.91 Å². The summed E-state index contributed by atoms with van der Waals surface area (Å²) >= 11 is 0. The minimum atomic E-state index is -1.09. The van der Waals surface area contributed by atoms with E-state index in [0.717, 1.165) is 28.6 Å². The second-order valence-corrected chi connectivity index (χ2v) is 13.8. The Labute approximate surface area is 261 Å². The average Bonchev–Trinajstić information content (AvgIpc) is 3.77. The van der Waals surface area contributed by atoms with Gasteiger partial charge in [-0.2, -0.15) is 0 Å². The van der Waals surface area contributed by atoms with Gasteiger partial charge in [-0.25, -0.2) is 4.79 Å². The number of amides is 1. The molecule has 0 bridgehead atoms. The first-order valence-electron chi connectivity index (χ1n) is 15.7. The SMILES string of the molecule is COC(=O)C(C)(C)Oc1cccc(Cc2c(C)n(CC3CC3)c3cc(C(=O)N[C@@H](C)c4cccc(C(C)(C)C)c4)ccc23)c1. The van der Waals surface area contributed by atoms with Crippen LogP contribution in [-0.2, 0) is 27.9 Å². The highest BCUT2D eigenvalue weighted by atomic mass is 16.6. The predicted octanol–water partition coefficient (Wildman–Crippen LogP) is 8.07. The van der Waals surface area contributed by atoms with E-state index in [4.69, 9.17) is 9.47 Å². The van der Waals surface area contributed by atoms with E-state index in [1.165, 1.54) is 36.8 Å². The quantitative estimate of drug-likeness (QED) is 0.189. The fourth-order valence-corrected chi connectivity index (χ4v) is 5.85. The van der Waals surface area contributed by atoms with E-state index < -0.39 is 11.6 Å². The van der Waals surface area contributed by atoms with Crippen molar-refractivity contribution in [3.8, 4) is 5.75 Å². The summed E-state index contributed by atoms with van der Waals surface area (Å²) in [6.07, 6.45) is 3.20. The first-order valence-corrected chi connectivity index (χ1v) is 15.7. The third kappa shape index (κ3) is 6.85. The van der Waals surface area contributed by atoms with Crippen molar-refractivity contribution < 1.29 is 19.1 Å². The van der Waals surface area contributed by atoms with Crippen molar-refractivity contribution in [3.63, 3.8) is 0 Å². The van der Waals surface area contributed by atoms with Crippen LogP contribution in [-0.4, -0.2) is 29.2 Å². The zero-order chi connectivity index (χ0) is 31.8. The molecule has 1 N–H and O–H groups in total. The molecule has 0 aliphatic heterocycles. The number of esters is 1. The molecule has 1 aliphatic carbocycles. The first kappa shape index (κ1) is 31.4. The molecular formula is C38H46N2O4. The van der Waals surface area contributed by atoms with Crippen LogP contribution >= 0.6 is 0 Å². The Morgan fingerprint density at radius 2 is 1.70 bits per heavy atom. The lowest BCUT2D eigenvalue weighted by Crippen LogP contribution is -2.39. The van der Waals surface area contributed by atoms with Gasteiger partial charge in [-0.1, -0.05) is 63.2 Å². The van der Waals surface area contributed by atoms with Crippen molar-refractivity contribution in [2.75, 3.05) is 7.11 Å². The van der Waals surface area contributed by atoms with Crippen molar-refractivity contribution in [3.05, 3.63) is 100 Å². The number of benzene rings is 3. The fraction of sp³-hybridized carbons (Fsp3) is 0.421. The molecule has 0 radical (unpaired) electrons. The standard InChI is InChI=1S/C38H46N2O4/c1-24(28-12-10-13-30(21-28)37(3,4)5)39-35(41)29-17-18-32-33(25(2)40(34(32)22-29)23-26-15-16-26)20-27-11-9-14-31(19-27)44-38(6,7)36(42)43-8/h9-14,17-19,21-22,24,26H,15-16,20,23H2,1-8H3,(H,39,41)/t24-/m0/s1. The number of rotatable bonds is 10. The maximum atomic E-state index is 13.5. The fourth-order valence-electron chi connectivity index (χ4n) is 5.85. The van der Waals surface area contributed by atoms with E-state index in [2.05, 4.69) is 80.0 Å². The third-order valence-electron chi connectivity index (χ3n) is 8.78. The molecule has 1 heterocycles. The monoisotopic (exact) mass is 594 g/mol. The molecular weight excluding hydrogens is 548 g/mol. The number of carbonyl (C=O) groups excluding carboxylic acids is 2. The average molecular weight is 595 g/mol. The largest absolute Gasteiger partial charge is 0.476 e. The van der Waals surface area contributed by atoms with Gasteiger partial charge in [0.1, 0.15) is 5.75 Å². The number of ether oxygens (including phenoxy) is 2. The summed E-state index contributed by atoms with van der Waals surface area (Å²) in [7, 11) is 1.37. The molecule has 0 saturated heterocycles. The van der Waals surface area contributed by atoms with Crippen LogP contribution in [0.5, 0.6) is 5.75 Å². The molecule has 1 aliphatic rings. The van der Waals surface area contributed by atoms with Crippen LogP contribution < -0.4 is 10.1 Å². The summed E-state index contributed by atoms with van der Waals surface area (Å²) in [6.45, 7) is 15.2. The Kier molecular flexibility index (Phi) is 8.66. The molecule has 1 atom stereocenters. The number of hydrogen-bond donors (Lipinski definition) is 1. The molecule has 5 rings (SSSR count). The summed E-state index contributed by atoms with van der Waals surface area (Å²) in [4.78, 5) is 25.7. The molecule has 0 spiro atoms. The Morgan fingerprint density at radius 3 is 2.39 bits per heavy atom. The summed E-state index contributed by atoms with van der Waals surface area (Å²) in [5, 5.41) is 4.39. The Bertz CT molecular complexity index is 1690. The van der Waals surface area contributed by atoms with Crippen molar-refractivity contribution >= 4 is 22.8 Å². The lowest BCUT2D eigenvalue weighted by Gasteiger charge is -2.23. The number of methoxy groups -OCH3 is 1. The number of carbonyl (C=O) groups is 2. The number of hydrogen-bond acceptors (Lipinski definition) is 4. The zero-order valence-corrected chi connectivity index (χ0v) is 27.4. The summed E-state index contributed by atoms with van der Waals surface area (Å²) in [6, 6.07) is 22.4. The summed E-state index contributed by atoms with van der Waals surface area (Å²) < 4.78 is 13.3. The molecule has 6 nitrogen and oxygen atoms in total. The molecule has 0 unspecified atom stereocenters. The van der Waals surface area contributed by atoms with Crippen LogP contribution in [0.4, 0.5) is 0 Å². The highest BCUT2D eigenvalue weighted by molar-refractivity contribution is 5.99. The molecule has 1 aromatic heterocycles. The predicted molar refractivity (Wildman–Crippen MR) is 176 cm³/mol. The van der Waals surface area contributed by atoms with Gasteiger partial charge in [0.15, 0.2) is 5.60 Å². The highest BCUT2D eigenvalue weighted by Gasteiger charge is 2.31. The maximum Gasteiger partial charge on any atom is 0.349 e. The van der Waals surface area contributed by atoms with E-state index in [0.29, 0.717) is 23.7 Å². The minimum absolute atomic E-state index is 0.0430. The molecule has 1 saturated carbocycles. The maximum absolute atomic E-state index is 13.5. The molecule has 3 aromatic carbocycles. The lowest BCUT2D eigenvalue weighted by molar-refractivity contribution is -0.156. The molecule has 232 valence electrons. The third-order valence-corrected chi connectivity index (χ3v) is 8.78. The van der Waals surface area contributed by atoms with E-state index in [9.17, 15) is 9.59 Å². The second kappa shape index (κ2) is 12.1. The molecule has 1 fully saturated rings. The van der Waals surface area contributed by atoms with Gasteiger partial charge < -0.3 is 19.4 Å². The Hall–Kier alpha value is -4.06. The van der Waals surface area contributed by atoms with Gasteiger partial charge in [-0.3, -0.25) is 4.79 Å². The van der Waals surface area contributed by atoms with E-state index in [1.807, 2.05) is 31.2 Å². The van der Waals surface area contributed by atoms with Crippen LogP contribution in [0.3, 0.4) is 0 Å². The number of fused-ring (bicyclic) bond motifs is 1. The van der Waals surface area contributed by atoms with Crippen molar-refractivity contribution in [1.82, 2.24) is 9.88 Å². The van der Waals surface area contributed by atoms with E-state index in [1.54, 1.807) is 13.8 Å². The van der Waals surface area contributed by atoms with Crippen LogP contribution in [0.2, 0.25) is 0 Å². The minimum Gasteiger partial charge on any atom is -0.476 e. The van der Waals surface area contributed by atoms with Gasteiger partial charge in [0.05, 0.1) is 13.2 Å². The molecule has 4 aromatic rings. The number of aromatic nitrogens is 1. The molecule has 6 heteroatoms. The highest BCUT2D eigenvalue weighted by Crippen LogP contribution is 2.36. The van der Waals surface area contributed by atoms with Crippen molar-refractivity contribution in [2.45, 2.75) is 91.3 Å². The van der Waals surface area contributed by atoms with Crippen LogP contribution in [0.1, 0.15) is 98.7 Å². The second-order valence-electron chi connectivity index (χ2n) is 13.8. The van der Waals surface area contributed by atoms with Gasteiger partial charge in [0, 0.05) is 28.7 Å². The lowest BCUT2D eigenvalue weighted by atomic mass is 9.85. The van der Waals surface area contributed by atoms with E-state index >= 15 is 0 Å². The Morgan fingerprint density at radius 1 is 0.977 bits per heavy atom. The number of nitrogens with zero attached hydrogens (tertiary/aromatic N) is 1.